The summed E-state index contributed by atoms with van der Waals surface area (Å²) < 4.78 is 0. The van der Waals surface area contributed by atoms with Crippen molar-refractivity contribution < 1.29 is 0 Å². The molecule has 86 valence electrons. The molecule has 1 aromatic heterocycles. The summed E-state index contributed by atoms with van der Waals surface area (Å²) in [5, 5.41) is 0. The summed E-state index contributed by atoms with van der Waals surface area (Å²) in [5.74, 6) is 1.77. The van der Waals surface area contributed by atoms with E-state index in [1.54, 1.807) is 0 Å². The van der Waals surface area contributed by atoms with Gasteiger partial charge in [0.2, 0.25) is 0 Å². The Morgan fingerprint density at radius 2 is 2.25 bits per heavy atom. The number of hydrogen-bond acceptors (Lipinski definition) is 3. The van der Waals surface area contributed by atoms with Crippen LogP contribution in [-0.2, 0) is 0 Å². The first-order valence-electron chi connectivity index (χ1n) is 5.59. The highest BCUT2D eigenvalue weighted by atomic mass is 32.1. The van der Waals surface area contributed by atoms with E-state index in [2.05, 4.69) is 23.9 Å². The summed E-state index contributed by atoms with van der Waals surface area (Å²) in [5.41, 5.74) is 6.28. The normalized spacial score (nSPS) is 16.9. The second kappa shape index (κ2) is 4.37. The van der Waals surface area contributed by atoms with Gasteiger partial charge in [0.15, 0.2) is 0 Å². The first-order valence-corrected chi connectivity index (χ1v) is 6.00. The van der Waals surface area contributed by atoms with Crippen molar-refractivity contribution in [2.75, 3.05) is 11.9 Å². The summed E-state index contributed by atoms with van der Waals surface area (Å²) >= 11 is 4.93. The Labute approximate surface area is 102 Å². The Morgan fingerprint density at radius 3 is 2.81 bits per heavy atom. The quantitative estimate of drug-likeness (QED) is 0.810. The highest BCUT2D eigenvalue weighted by Gasteiger charge is 2.31. The summed E-state index contributed by atoms with van der Waals surface area (Å²) in [4.78, 5) is 7.03. The maximum absolute atomic E-state index is 5.58. The van der Waals surface area contributed by atoms with Crippen molar-refractivity contribution in [1.82, 2.24) is 4.98 Å². The van der Waals surface area contributed by atoms with E-state index in [1.807, 2.05) is 18.2 Å². The first kappa shape index (κ1) is 11.3. The molecule has 0 amide bonds. The van der Waals surface area contributed by atoms with E-state index in [1.165, 1.54) is 12.8 Å². The third kappa shape index (κ3) is 2.32. The molecule has 16 heavy (non-hydrogen) atoms. The van der Waals surface area contributed by atoms with Crippen LogP contribution in [0.3, 0.4) is 0 Å². The second-order valence-corrected chi connectivity index (χ2v) is 4.87. The van der Waals surface area contributed by atoms with Gasteiger partial charge in [-0.3, -0.25) is 0 Å². The Hall–Kier alpha value is -1.16. The molecule has 1 aromatic rings. The van der Waals surface area contributed by atoms with Crippen molar-refractivity contribution in [1.29, 1.82) is 0 Å². The number of rotatable bonds is 4. The van der Waals surface area contributed by atoms with Gasteiger partial charge in [-0.25, -0.2) is 4.98 Å². The molecular formula is C12H17N3S. The molecule has 0 aliphatic heterocycles. The van der Waals surface area contributed by atoms with E-state index >= 15 is 0 Å². The Kier molecular flexibility index (Phi) is 3.10. The summed E-state index contributed by atoms with van der Waals surface area (Å²) in [6, 6.07) is 6.34. The van der Waals surface area contributed by atoms with Crippen molar-refractivity contribution in [2.45, 2.75) is 25.8 Å². The third-order valence-electron chi connectivity index (χ3n) is 3.26. The largest absolute Gasteiger partial charge is 0.388 e. The molecular weight excluding hydrogens is 218 g/mol. The van der Waals surface area contributed by atoms with Gasteiger partial charge in [-0.15, -0.1) is 0 Å². The lowest BCUT2D eigenvalue weighted by atomic mass is 10.2. The van der Waals surface area contributed by atoms with Gasteiger partial charge in [0, 0.05) is 13.1 Å². The van der Waals surface area contributed by atoms with E-state index in [9.17, 15) is 0 Å². The van der Waals surface area contributed by atoms with Crippen LogP contribution in [0.15, 0.2) is 18.2 Å². The van der Waals surface area contributed by atoms with Gasteiger partial charge in [0.05, 0.1) is 5.69 Å². The smallest absolute Gasteiger partial charge is 0.129 e. The Balaban J connectivity index is 2.18. The van der Waals surface area contributed by atoms with Crippen LogP contribution in [0.2, 0.25) is 0 Å². The molecule has 1 aliphatic carbocycles. The van der Waals surface area contributed by atoms with Crippen molar-refractivity contribution in [3.05, 3.63) is 23.9 Å². The molecule has 1 atom stereocenters. The molecule has 0 bridgehead atoms. The van der Waals surface area contributed by atoms with Crippen LogP contribution in [0.4, 0.5) is 5.82 Å². The van der Waals surface area contributed by atoms with Gasteiger partial charge in [-0.1, -0.05) is 18.3 Å². The maximum Gasteiger partial charge on any atom is 0.129 e. The van der Waals surface area contributed by atoms with Gasteiger partial charge < -0.3 is 10.6 Å². The van der Waals surface area contributed by atoms with E-state index in [0.29, 0.717) is 16.7 Å². The monoisotopic (exact) mass is 235 g/mol. The fourth-order valence-electron chi connectivity index (χ4n) is 1.86. The molecule has 0 radical (unpaired) electrons. The van der Waals surface area contributed by atoms with Crippen LogP contribution in [0.5, 0.6) is 0 Å². The van der Waals surface area contributed by atoms with E-state index in [-0.39, 0.29) is 0 Å². The highest BCUT2D eigenvalue weighted by molar-refractivity contribution is 7.80. The zero-order valence-electron chi connectivity index (χ0n) is 9.68. The van der Waals surface area contributed by atoms with Crippen molar-refractivity contribution in [3.8, 4) is 0 Å². The van der Waals surface area contributed by atoms with Gasteiger partial charge >= 0.3 is 0 Å². The number of aromatic nitrogens is 1. The molecule has 1 aliphatic rings. The molecule has 0 aromatic carbocycles. The topological polar surface area (TPSA) is 42.1 Å². The van der Waals surface area contributed by atoms with E-state index in [4.69, 9.17) is 18.0 Å². The number of pyridine rings is 1. The number of anilines is 1. The minimum absolute atomic E-state index is 0.356. The number of hydrogen-bond donors (Lipinski definition) is 1. The lowest BCUT2D eigenvalue weighted by Gasteiger charge is -2.26. The average Bonchev–Trinajstić information content (AvgIpc) is 3.11. The summed E-state index contributed by atoms with van der Waals surface area (Å²) in [7, 11) is 2.08. The molecule has 0 spiro atoms. The van der Waals surface area contributed by atoms with Gasteiger partial charge in [-0.2, -0.15) is 0 Å². The molecule has 1 saturated carbocycles. The first-order chi connectivity index (χ1) is 7.59. The molecule has 3 nitrogen and oxygen atoms in total. The number of thiocarbonyl (C=S) groups is 1. The lowest BCUT2D eigenvalue weighted by Crippen LogP contribution is -2.31. The van der Waals surface area contributed by atoms with Gasteiger partial charge in [0.1, 0.15) is 10.8 Å². The van der Waals surface area contributed by atoms with Crippen LogP contribution in [0.25, 0.3) is 0 Å². The maximum atomic E-state index is 5.58. The SMILES string of the molecule is CC(C1CC1)N(C)c1cccc(C(N)=S)n1. The number of nitrogens with two attached hydrogens (primary N) is 1. The van der Waals surface area contributed by atoms with E-state index < -0.39 is 0 Å². The second-order valence-electron chi connectivity index (χ2n) is 4.43. The fraction of sp³-hybridized carbons (Fsp3) is 0.500. The zero-order valence-corrected chi connectivity index (χ0v) is 10.5. The number of nitrogens with zero attached hydrogens (tertiary/aromatic N) is 2. The molecule has 1 heterocycles. The van der Waals surface area contributed by atoms with Crippen molar-refractivity contribution >= 4 is 23.0 Å². The Morgan fingerprint density at radius 1 is 1.56 bits per heavy atom. The predicted molar refractivity (Wildman–Crippen MR) is 70.7 cm³/mol. The highest BCUT2D eigenvalue weighted by Crippen LogP contribution is 2.35. The van der Waals surface area contributed by atoms with Crippen LogP contribution >= 0.6 is 12.2 Å². The van der Waals surface area contributed by atoms with Crippen LogP contribution in [0.1, 0.15) is 25.5 Å². The van der Waals surface area contributed by atoms with E-state index in [0.717, 1.165) is 11.7 Å². The lowest BCUT2D eigenvalue weighted by molar-refractivity contribution is 0.604. The zero-order chi connectivity index (χ0) is 11.7. The minimum atomic E-state index is 0.356. The predicted octanol–water partition coefficient (Wildman–Crippen LogP) is 1.95. The average molecular weight is 235 g/mol. The van der Waals surface area contributed by atoms with Crippen LogP contribution in [0, 0.1) is 5.92 Å². The molecule has 1 unspecified atom stereocenters. The standard InChI is InChI=1S/C12H17N3S/c1-8(9-6-7-9)15(2)11-5-3-4-10(14-11)12(13)16/h3-5,8-9H,6-7H2,1-2H3,(H2,13,16). The fourth-order valence-corrected chi connectivity index (χ4v) is 1.97. The van der Waals surface area contributed by atoms with Crippen molar-refractivity contribution in [3.63, 3.8) is 0 Å². The Bertz CT molecular complexity index is 401. The molecule has 2 rings (SSSR count). The van der Waals surface area contributed by atoms with Gasteiger partial charge in [-0.05, 0) is 37.8 Å². The molecule has 2 N–H and O–H groups in total. The molecule has 4 heteroatoms. The van der Waals surface area contributed by atoms with Crippen LogP contribution < -0.4 is 10.6 Å². The summed E-state index contributed by atoms with van der Waals surface area (Å²) in [6.45, 7) is 2.24. The molecule has 1 fully saturated rings. The minimum Gasteiger partial charge on any atom is -0.388 e. The van der Waals surface area contributed by atoms with Crippen molar-refractivity contribution in [2.24, 2.45) is 11.7 Å². The van der Waals surface area contributed by atoms with Crippen LogP contribution in [-0.4, -0.2) is 23.1 Å². The molecule has 0 saturated heterocycles. The summed E-state index contributed by atoms with van der Waals surface area (Å²) in [6.07, 6.45) is 2.67. The third-order valence-corrected chi connectivity index (χ3v) is 3.47. The van der Waals surface area contributed by atoms with Gasteiger partial charge in [0.25, 0.3) is 0 Å².